The Bertz CT molecular complexity index is 886. The van der Waals surface area contributed by atoms with Crippen molar-refractivity contribution in [3.05, 3.63) is 54.6 Å². The summed E-state index contributed by atoms with van der Waals surface area (Å²) in [7, 11) is 0. The average Bonchev–Trinajstić information content (AvgIpc) is 2.69. The molecule has 0 bridgehead atoms. The molecule has 1 aromatic carbocycles. The summed E-state index contributed by atoms with van der Waals surface area (Å²) in [6.07, 6.45) is 4.86. The van der Waals surface area contributed by atoms with Crippen LogP contribution in [0.5, 0.6) is 0 Å². The first-order valence-corrected chi connectivity index (χ1v) is 8.11. The van der Waals surface area contributed by atoms with Gasteiger partial charge in [-0.25, -0.2) is 9.97 Å². The molecular weight excluding hydrogens is 318 g/mol. The van der Waals surface area contributed by atoms with Crippen LogP contribution in [0, 0.1) is 0 Å². The SMILES string of the molecule is O=C(Nc1cnc(N2CCOCC2)nc1)c1nccc2ccccc12. The second kappa shape index (κ2) is 6.82. The van der Waals surface area contributed by atoms with Gasteiger partial charge in [0.2, 0.25) is 5.95 Å². The van der Waals surface area contributed by atoms with E-state index in [1.165, 1.54) is 0 Å². The summed E-state index contributed by atoms with van der Waals surface area (Å²) in [6, 6.07) is 9.54. The van der Waals surface area contributed by atoms with Crippen LogP contribution in [0.3, 0.4) is 0 Å². The van der Waals surface area contributed by atoms with Crippen LogP contribution in [-0.2, 0) is 4.74 Å². The Morgan fingerprint density at radius 1 is 1.04 bits per heavy atom. The second-order valence-electron chi connectivity index (χ2n) is 5.71. The Kier molecular flexibility index (Phi) is 4.22. The van der Waals surface area contributed by atoms with E-state index in [0.29, 0.717) is 30.5 Å². The van der Waals surface area contributed by atoms with Crippen molar-refractivity contribution < 1.29 is 9.53 Å². The summed E-state index contributed by atoms with van der Waals surface area (Å²) in [4.78, 5) is 27.5. The molecular formula is C18H17N5O2. The molecule has 7 heteroatoms. The number of carbonyl (C=O) groups is 1. The predicted octanol–water partition coefficient (Wildman–Crippen LogP) is 2.11. The number of nitrogens with one attached hydrogen (secondary N) is 1. The lowest BCUT2D eigenvalue weighted by atomic mass is 10.1. The zero-order chi connectivity index (χ0) is 17.1. The lowest BCUT2D eigenvalue weighted by Gasteiger charge is -2.26. The molecule has 25 heavy (non-hydrogen) atoms. The molecule has 1 saturated heterocycles. The van der Waals surface area contributed by atoms with Crippen LogP contribution >= 0.6 is 0 Å². The molecule has 0 saturated carbocycles. The highest BCUT2D eigenvalue weighted by molar-refractivity contribution is 6.11. The van der Waals surface area contributed by atoms with Gasteiger partial charge in [0.25, 0.3) is 5.91 Å². The molecule has 1 N–H and O–H groups in total. The molecule has 2 aromatic heterocycles. The van der Waals surface area contributed by atoms with E-state index in [1.807, 2.05) is 30.3 Å². The van der Waals surface area contributed by atoms with Gasteiger partial charge in [0.15, 0.2) is 0 Å². The third-order valence-corrected chi connectivity index (χ3v) is 4.08. The molecule has 4 rings (SSSR count). The quantitative estimate of drug-likeness (QED) is 0.790. The summed E-state index contributed by atoms with van der Waals surface area (Å²) in [5.74, 6) is 0.365. The maximum absolute atomic E-state index is 12.6. The van der Waals surface area contributed by atoms with Crippen LogP contribution in [0.4, 0.5) is 11.6 Å². The number of fused-ring (bicyclic) bond motifs is 1. The molecule has 1 fully saturated rings. The number of benzene rings is 1. The Morgan fingerprint density at radius 3 is 2.60 bits per heavy atom. The minimum atomic E-state index is -0.278. The van der Waals surface area contributed by atoms with E-state index in [1.54, 1.807) is 18.6 Å². The Labute approximate surface area is 144 Å². The third kappa shape index (κ3) is 3.27. The lowest BCUT2D eigenvalue weighted by molar-refractivity contribution is 0.102. The molecule has 0 aliphatic carbocycles. The first-order chi connectivity index (χ1) is 12.3. The largest absolute Gasteiger partial charge is 0.378 e. The molecule has 0 spiro atoms. The van der Waals surface area contributed by atoms with Gasteiger partial charge in [0.05, 0.1) is 31.3 Å². The molecule has 1 aliphatic heterocycles. The monoisotopic (exact) mass is 335 g/mol. The standard InChI is InChI=1S/C18H17N5O2/c24-17(16-15-4-2-1-3-13(15)5-6-19-16)22-14-11-20-18(21-12-14)23-7-9-25-10-8-23/h1-6,11-12H,7-10H2,(H,22,24). The minimum absolute atomic E-state index is 0.278. The van der Waals surface area contributed by atoms with Gasteiger partial charge in [-0.2, -0.15) is 0 Å². The van der Waals surface area contributed by atoms with Gasteiger partial charge in [0, 0.05) is 24.7 Å². The van der Waals surface area contributed by atoms with Crippen molar-refractivity contribution in [2.24, 2.45) is 0 Å². The number of ether oxygens (including phenoxy) is 1. The zero-order valence-electron chi connectivity index (χ0n) is 13.6. The molecule has 0 radical (unpaired) electrons. The average molecular weight is 335 g/mol. The van der Waals surface area contributed by atoms with Gasteiger partial charge in [0.1, 0.15) is 5.69 Å². The van der Waals surface area contributed by atoms with Crippen LogP contribution < -0.4 is 10.2 Å². The van der Waals surface area contributed by atoms with Gasteiger partial charge in [-0.1, -0.05) is 24.3 Å². The lowest BCUT2D eigenvalue weighted by Crippen LogP contribution is -2.37. The number of hydrogen-bond donors (Lipinski definition) is 1. The number of carbonyl (C=O) groups excluding carboxylic acids is 1. The molecule has 126 valence electrons. The van der Waals surface area contributed by atoms with Crippen molar-refractivity contribution in [1.82, 2.24) is 15.0 Å². The van der Waals surface area contributed by atoms with Gasteiger partial charge in [-0.05, 0) is 11.5 Å². The maximum atomic E-state index is 12.6. The van der Waals surface area contributed by atoms with Crippen molar-refractivity contribution in [1.29, 1.82) is 0 Å². The normalized spacial score (nSPS) is 14.5. The fraction of sp³-hybridized carbons (Fsp3) is 0.222. The number of nitrogens with zero attached hydrogens (tertiary/aromatic N) is 4. The fourth-order valence-corrected chi connectivity index (χ4v) is 2.80. The predicted molar refractivity (Wildman–Crippen MR) is 94.8 cm³/mol. The summed E-state index contributed by atoms with van der Waals surface area (Å²) in [5, 5.41) is 4.60. The van der Waals surface area contributed by atoms with Crippen LogP contribution in [0.25, 0.3) is 10.8 Å². The molecule has 1 aliphatic rings. The number of anilines is 2. The molecule has 3 aromatic rings. The summed E-state index contributed by atoms with van der Waals surface area (Å²) < 4.78 is 5.32. The summed E-state index contributed by atoms with van der Waals surface area (Å²) in [5.41, 5.74) is 0.923. The van der Waals surface area contributed by atoms with E-state index in [-0.39, 0.29) is 5.91 Å². The third-order valence-electron chi connectivity index (χ3n) is 4.08. The van der Waals surface area contributed by atoms with E-state index in [4.69, 9.17) is 4.74 Å². The van der Waals surface area contributed by atoms with E-state index < -0.39 is 0 Å². The smallest absolute Gasteiger partial charge is 0.274 e. The summed E-state index contributed by atoms with van der Waals surface area (Å²) in [6.45, 7) is 2.89. The van der Waals surface area contributed by atoms with Crippen LogP contribution in [-0.4, -0.2) is 47.2 Å². The molecule has 0 unspecified atom stereocenters. The van der Waals surface area contributed by atoms with Crippen molar-refractivity contribution in [2.45, 2.75) is 0 Å². The minimum Gasteiger partial charge on any atom is -0.378 e. The fourth-order valence-electron chi connectivity index (χ4n) is 2.80. The van der Waals surface area contributed by atoms with Crippen LogP contribution in [0.2, 0.25) is 0 Å². The van der Waals surface area contributed by atoms with Crippen molar-refractivity contribution >= 4 is 28.3 Å². The van der Waals surface area contributed by atoms with E-state index >= 15 is 0 Å². The Morgan fingerprint density at radius 2 is 1.80 bits per heavy atom. The van der Waals surface area contributed by atoms with E-state index in [9.17, 15) is 4.79 Å². The van der Waals surface area contributed by atoms with Crippen molar-refractivity contribution in [3.63, 3.8) is 0 Å². The maximum Gasteiger partial charge on any atom is 0.274 e. The molecule has 0 atom stereocenters. The van der Waals surface area contributed by atoms with E-state index in [2.05, 4.69) is 25.2 Å². The zero-order valence-corrected chi connectivity index (χ0v) is 13.6. The highest BCUT2D eigenvalue weighted by Crippen LogP contribution is 2.18. The van der Waals surface area contributed by atoms with Gasteiger partial charge >= 0.3 is 0 Å². The number of amides is 1. The first-order valence-electron chi connectivity index (χ1n) is 8.11. The topological polar surface area (TPSA) is 80.2 Å². The van der Waals surface area contributed by atoms with Crippen molar-refractivity contribution in [2.75, 3.05) is 36.5 Å². The van der Waals surface area contributed by atoms with Gasteiger partial charge < -0.3 is 15.0 Å². The highest BCUT2D eigenvalue weighted by atomic mass is 16.5. The highest BCUT2D eigenvalue weighted by Gasteiger charge is 2.15. The second-order valence-corrected chi connectivity index (χ2v) is 5.71. The molecule has 1 amide bonds. The van der Waals surface area contributed by atoms with E-state index in [0.717, 1.165) is 23.9 Å². The number of hydrogen-bond acceptors (Lipinski definition) is 6. The van der Waals surface area contributed by atoms with Crippen LogP contribution in [0.1, 0.15) is 10.5 Å². The summed E-state index contributed by atoms with van der Waals surface area (Å²) >= 11 is 0. The Balaban J connectivity index is 1.52. The molecule has 7 nitrogen and oxygen atoms in total. The Hall–Kier alpha value is -3.06. The van der Waals surface area contributed by atoms with Gasteiger partial charge in [-0.15, -0.1) is 0 Å². The number of aromatic nitrogens is 3. The van der Waals surface area contributed by atoms with Crippen LogP contribution in [0.15, 0.2) is 48.9 Å². The number of pyridine rings is 1. The number of morpholine rings is 1. The molecule has 3 heterocycles. The van der Waals surface area contributed by atoms with Gasteiger partial charge in [-0.3, -0.25) is 9.78 Å². The first kappa shape index (κ1) is 15.5. The number of rotatable bonds is 3. The van der Waals surface area contributed by atoms with Crippen molar-refractivity contribution in [3.8, 4) is 0 Å².